The summed E-state index contributed by atoms with van der Waals surface area (Å²) in [6, 6.07) is 0. The number of esters is 1. The molecule has 0 saturated heterocycles. The monoisotopic (exact) mass is 703 g/mol. The van der Waals surface area contributed by atoms with Gasteiger partial charge in [0.1, 0.15) is 0 Å². The average Bonchev–Trinajstić information content (AvgIpc) is 3.31. The zero-order chi connectivity index (χ0) is 35.6. The van der Waals surface area contributed by atoms with Gasteiger partial charge in [0.05, 0.1) is 12.2 Å². The molecule has 3 saturated carbocycles. The number of hydrogen-bond donors (Lipinski definition) is 3. The van der Waals surface area contributed by atoms with E-state index in [2.05, 4.69) is 6.92 Å². The van der Waals surface area contributed by atoms with Crippen molar-refractivity contribution < 1.29 is 47.2 Å². The Morgan fingerprint density at radius 1 is 1.15 bits per heavy atom. The highest BCUT2D eigenvalue weighted by Crippen LogP contribution is 2.70. The minimum absolute atomic E-state index is 0.0197. The van der Waals surface area contributed by atoms with Crippen LogP contribution in [0.25, 0.3) is 0 Å². The van der Waals surface area contributed by atoms with Crippen LogP contribution in [0.15, 0.2) is 23.8 Å². The minimum atomic E-state index is -2.47. The van der Waals surface area contributed by atoms with Crippen molar-refractivity contribution in [2.24, 2.45) is 34.3 Å². The van der Waals surface area contributed by atoms with Gasteiger partial charge in [0.2, 0.25) is 5.78 Å². The van der Waals surface area contributed by atoms with Gasteiger partial charge < -0.3 is 34.3 Å². The molecule has 4 rings (SSSR count). The molecule has 11 nitrogen and oxygen atoms in total. The molecule has 13 heteroatoms. The molecule has 3 fully saturated rings. The first-order valence-corrected chi connectivity index (χ1v) is 19.7. The maximum absolute atomic E-state index is 14.1. The Balaban J connectivity index is 0.00000185. The number of carbonyl (C=O) groups excluding carboxylic acids is 3. The number of methoxy groups -OCH3 is 1. The number of Topliss-reactive ketones (excluding diaryl/α,β-unsaturated/α-hetero) is 1. The summed E-state index contributed by atoms with van der Waals surface area (Å²) in [7, 11) is -2.90. The van der Waals surface area contributed by atoms with Gasteiger partial charge in [0, 0.05) is 43.6 Å². The molecular formula is C34H59NO10P2. The normalized spacial score (nSPS) is 35.0. The second kappa shape index (κ2) is 18.7. The summed E-state index contributed by atoms with van der Waals surface area (Å²) in [6.45, 7) is 15.8. The van der Waals surface area contributed by atoms with Crippen LogP contribution in [0, 0.1) is 28.6 Å². The van der Waals surface area contributed by atoms with E-state index in [-0.39, 0.29) is 29.3 Å². The first kappa shape index (κ1) is 42.0. The lowest BCUT2D eigenvalue weighted by Crippen LogP contribution is -2.65. The highest BCUT2D eigenvalue weighted by Gasteiger charge is 2.73. The second-order valence-electron chi connectivity index (χ2n) is 12.6. The molecule has 4 N–H and O–H groups in total. The van der Waals surface area contributed by atoms with Gasteiger partial charge in [-0.25, -0.2) is 0 Å². The Bertz CT molecular complexity index is 1120. The van der Waals surface area contributed by atoms with E-state index in [0.717, 1.165) is 18.4 Å². The van der Waals surface area contributed by atoms with Crippen molar-refractivity contribution in [2.45, 2.75) is 112 Å². The van der Waals surface area contributed by atoms with Gasteiger partial charge >= 0.3 is 14.6 Å². The summed E-state index contributed by atoms with van der Waals surface area (Å²) < 4.78 is 29.7. The molecule has 8 unspecified atom stereocenters. The molecule has 47 heavy (non-hydrogen) atoms. The van der Waals surface area contributed by atoms with E-state index >= 15 is 0 Å². The van der Waals surface area contributed by atoms with E-state index in [0.29, 0.717) is 45.0 Å². The Morgan fingerprint density at radius 3 is 2.43 bits per heavy atom. The van der Waals surface area contributed by atoms with Gasteiger partial charge in [0.25, 0.3) is 0 Å². The number of nitrogens with two attached hydrogens (primary N) is 1. The second-order valence-corrected chi connectivity index (χ2v) is 15.1. The van der Waals surface area contributed by atoms with Crippen LogP contribution >= 0.6 is 17.0 Å². The van der Waals surface area contributed by atoms with Crippen LogP contribution in [0.4, 0.5) is 0 Å². The smallest absolute Gasteiger partial charge is 0.335 e. The van der Waals surface area contributed by atoms with Gasteiger partial charge in [0.15, 0.2) is 26.4 Å². The Hall–Kier alpha value is -1.13. The van der Waals surface area contributed by atoms with Crippen molar-refractivity contribution in [3.63, 3.8) is 0 Å². The molecule has 270 valence electrons. The number of hydrogen-bond acceptors (Lipinski definition) is 11. The zero-order valence-electron chi connectivity index (χ0n) is 29.8. The minimum Gasteiger partial charge on any atom is -0.458 e. The number of allylic oxidation sites excluding steroid dienone is 4. The van der Waals surface area contributed by atoms with Crippen molar-refractivity contribution >= 4 is 34.5 Å². The molecule has 4 aliphatic carbocycles. The maximum Gasteiger partial charge on any atom is 0.335 e. The van der Waals surface area contributed by atoms with Gasteiger partial charge in [-0.2, -0.15) is 0 Å². The van der Waals surface area contributed by atoms with Crippen molar-refractivity contribution in [1.82, 2.24) is 0 Å². The van der Waals surface area contributed by atoms with Crippen LogP contribution in [0.3, 0.4) is 0 Å². The molecule has 0 heterocycles. The van der Waals surface area contributed by atoms with Gasteiger partial charge in [-0.3, -0.25) is 18.7 Å². The number of ether oxygens (including phenoxy) is 3. The lowest BCUT2D eigenvalue weighted by molar-refractivity contribution is -0.204. The van der Waals surface area contributed by atoms with E-state index in [1.165, 1.54) is 14.0 Å². The molecule has 0 radical (unpaired) electrons. The number of rotatable bonds is 14. The van der Waals surface area contributed by atoms with Gasteiger partial charge in [-0.05, 0) is 69.1 Å². The first-order chi connectivity index (χ1) is 22.4. The molecule has 0 aliphatic heterocycles. The van der Waals surface area contributed by atoms with E-state index < -0.39 is 58.2 Å². The highest BCUT2D eigenvalue weighted by molar-refractivity contribution is 7.57. The fraction of sp³-hybridized carbons (Fsp3) is 0.794. The molecule has 0 aromatic heterocycles. The number of fused-ring (bicyclic) bond motifs is 5. The van der Waals surface area contributed by atoms with Crippen molar-refractivity contribution in [3.05, 3.63) is 23.8 Å². The Morgan fingerprint density at radius 2 is 1.83 bits per heavy atom. The quantitative estimate of drug-likeness (QED) is 0.140. The van der Waals surface area contributed by atoms with E-state index in [4.69, 9.17) is 28.8 Å². The topological polar surface area (TPSA) is 164 Å². The van der Waals surface area contributed by atoms with Crippen molar-refractivity contribution in [2.75, 3.05) is 33.0 Å². The summed E-state index contributed by atoms with van der Waals surface area (Å²) in [4.78, 5) is 59.6. The predicted molar refractivity (Wildman–Crippen MR) is 184 cm³/mol. The summed E-state index contributed by atoms with van der Waals surface area (Å²) >= 11 is 0. The Labute approximate surface area is 284 Å². The van der Waals surface area contributed by atoms with Gasteiger partial charge in [-0.15, -0.1) is 0 Å². The predicted octanol–water partition coefficient (Wildman–Crippen LogP) is 6.15. The fourth-order valence-corrected chi connectivity index (χ4v) is 10.6. The van der Waals surface area contributed by atoms with E-state index in [1.54, 1.807) is 12.2 Å². The van der Waals surface area contributed by atoms with Crippen LogP contribution in [-0.4, -0.2) is 78.2 Å². The highest BCUT2D eigenvalue weighted by atomic mass is 31.2. The summed E-state index contributed by atoms with van der Waals surface area (Å²) in [5, 5.41) is 0. The molecule has 4 aliphatic rings. The van der Waals surface area contributed by atoms with Crippen molar-refractivity contribution in [1.29, 1.82) is 0 Å². The molecule has 0 aromatic carbocycles. The van der Waals surface area contributed by atoms with E-state index in [1.807, 2.05) is 47.6 Å². The van der Waals surface area contributed by atoms with Crippen LogP contribution in [0.2, 0.25) is 0 Å². The molecule has 0 spiro atoms. The molecule has 0 amide bonds. The molecular weight excluding hydrogens is 644 g/mol. The standard InChI is InChI=1S/C30H47NO10P2.2C2H6/c1-6-13-38-26-16-23-22-9-8-20-15-21(33)10-11-28(20,3)27(22)24(40-43(36)41-42(35)14-7-12-31)17-29(23,4)30(26,37-5)25(34)18-39-19(2)32;2*1-2/h10-11,15,22-24,26-27,35-36H,6-9,12-14,16-18,31H2,1-5H3;2*1-2H3/t22?,23?,24?,26-,27?,28?,29?,30-,42?,43?;;/m1../s1. The van der Waals surface area contributed by atoms with Crippen molar-refractivity contribution in [3.8, 4) is 0 Å². The third kappa shape index (κ3) is 8.61. The lowest BCUT2D eigenvalue weighted by Gasteiger charge is -2.60. The first-order valence-electron chi connectivity index (χ1n) is 17.2. The van der Waals surface area contributed by atoms with Crippen LogP contribution in [0.1, 0.15) is 93.9 Å². The molecule has 0 aromatic rings. The third-order valence-electron chi connectivity index (χ3n) is 10.2. The summed E-state index contributed by atoms with van der Waals surface area (Å²) in [6.07, 6.45) is 8.00. The Kier molecular flexibility index (Phi) is 16.8. The largest absolute Gasteiger partial charge is 0.458 e. The maximum atomic E-state index is 14.1. The summed E-state index contributed by atoms with van der Waals surface area (Å²) in [5.74, 6) is -1.16. The van der Waals surface area contributed by atoms with E-state index in [9.17, 15) is 24.2 Å². The van der Waals surface area contributed by atoms with Crippen LogP contribution in [-0.2, 0) is 37.4 Å². The summed E-state index contributed by atoms with van der Waals surface area (Å²) in [5.41, 5.74) is 3.80. The van der Waals surface area contributed by atoms with Gasteiger partial charge in [-0.1, -0.05) is 60.1 Å². The third-order valence-corrected chi connectivity index (χ3v) is 12.7. The molecule has 10 atom stereocenters. The lowest BCUT2D eigenvalue weighted by atomic mass is 9.46. The number of ketones is 2. The fourth-order valence-electron chi connectivity index (χ4n) is 8.54. The van der Waals surface area contributed by atoms with Crippen LogP contribution < -0.4 is 5.73 Å². The SMILES string of the molecule is CC.CC.CCCO[C@@H]1CC2C3CCC4=CC(=O)C=CC4(C)C3C(OP(O)OP(O)CCCN)CC2(C)[C@@]1(OC)C(=O)COC(C)=O. The average molecular weight is 704 g/mol. The van der Waals surface area contributed by atoms with Crippen LogP contribution in [0.5, 0.6) is 0 Å². The molecule has 0 bridgehead atoms. The number of carbonyl (C=O) groups is 3. The zero-order valence-corrected chi connectivity index (χ0v) is 31.6.